The summed E-state index contributed by atoms with van der Waals surface area (Å²) in [5, 5.41) is 3.72. The van der Waals surface area contributed by atoms with Gasteiger partial charge in [0, 0.05) is 24.4 Å². The fourth-order valence-electron chi connectivity index (χ4n) is 3.78. The van der Waals surface area contributed by atoms with Crippen LogP contribution in [-0.4, -0.2) is 17.6 Å². The lowest BCUT2D eigenvalue weighted by atomic mass is 9.76. The maximum atomic E-state index is 4.51. The highest BCUT2D eigenvalue weighted by molar-refractivity contribution is 5.06. The number of hydrogen-bond donors (Lipinski definition) is 1. The third kappa shape index (κ3) is 5.43. The summed E-state index contributed by atoms with van der Waals surface area (Å²) >= 11 is 0. The van der Waals surface area contributed by atoms with E-state index in [-0.39, 0.29) is 0 Å². The number of likely N-dealkylation sites (N-methyl/N-ethyl adjacent to an activating group) is 1. The Bertz CT molecular complexity index is 368. The van der Waals surface area contributed by atoms with Gasteiger partial charge in [0.15, 0.2) is 0 Å². The molecular formula is C19H32N2. The van der Waals surface area contributed by atoms with Crippen molar-refractivity contribution in [2.24, 2.45) is 11.8 Å². The van der Waals surface area contributed by atoms with Crippen LogP contribution in [-0.2, 0) is 6.42 Å². The standard InChI is InChI=1S/C19H32N2/c1-3-5-8-16-10-12-17(13-11-16)19(20-4-2)15-18-9-6-7-14-21-18/h6-7,9,14,16-17,19-20H,3-5,8,10-13,15H2,1-2H3. The number of hydrogen-bond acceptors (Lipinski definition) is 2. The molecule has 1 aliphatic carbocycles. The summed E-state index contributed by atoms with van der Waals surface area (Å²) in [6.07, 6.45) is 12.9. The fourth-order valence-corrected chi connectivity index (χ4v) is 3.78. The molecule has 1 saturated carbocycles. The molecule has 0 bridgehead atoms. The average molecular weight is 288 g/mol. The lowest BCUT2D eigenvalue weighted by Crippen LogP contribution is -2.40. The Balaban J connectivity index is 1.85. The molecule has 1 aromatic heterocycles. The molecule has 0 saturated heterocycles. The van der Waals surface area contributed by atoms with Crippen LogP contribution in [0.1, 0.15) is 64.5 Å². The second kappa shape index (κ2) is 9.19. The minimum absolute atomic E-state index is 0.608. The minimum atomic E-state index is 0.608. The summed E-state index contributed by atoms with van der Waals surface area (Å²) < 4.78 is 0. The van der Waals surface area contributed by atoms with Gasteiger partial charge < -0.3 is 5.32 Å². The number of nitrogens with zero attached hydrogens (tertiary/aromatic N) is 1. The topological polar surface area (TPSA) is 24.9 Å². The van der Waals surface area contributed by atoms with Crippen molar-refractivity contribution in [3.63, 3.8) is 0 Å². The van der Waals surface area contributed by atoms with E-state index in [9.17, 15) is 0 Å². The van der Waals surface area contributed by atoms with Crippen molar-refractivity contribution in [3.05, 3.63) is 30.1 Å². The largest absolute Gasteiger partial charge is 0.314 e. The molecule has 1 atom stereocenters. The van der Waals surface area contributed by atoms with Gasteiger partial charge in [0.1, 0.15) is 0 Å². The molecule has 1 aromatic rings. The van der Waals surface area contributed by atoms with Gasteiger partial charge in [0.25, 0.3) is 0 Å². The van der Waals surface area contributed by atoms with Gasteiger partial charge in [-0.25, -0.2) is 0 Å². The number of rotatable bonds is 8. The number of pyridine rings is 1. The van der Waals surface area contributed by atoms with Crippen LogP contribution in [0.4, 0.5) is 0 Å². The van der Waals surface area contributed by atoms with Crippen molar-refractivity contribution in [3.8, 4) is 0 Å². The van der Waals surface area contributed by atoms with Crippen molar-refractivity contribution in [2.45, 2.75) is 71.3 Å². The van der Waals surface area contributed by atoms with Gasteiger partial charge in [-0.15, -0.1) is 0 Å². The van der Waals surface area contributed by atoms with Crippen LogP contribution in [0, 0.1) is 11.8 Å². The lowest BCUT2D eigenvalue weighted by molar-refractivity contribution is 0.211. The molecule has 0 radical (unpaired) electrons. The molecule has 1 heterocycles. The highest BCUT2D eigenvalue weighted by atomic mass is 14.9. The molecule has 0 spiro atoms. The van der Waals surface area contributed by atoms with E-state index in [0.717, 1.165) is 24.8 Å². The van der Waals surface area contributed by atoms with Gasteiger partial charge in [0.2, 0.25) is 0 Å². The van der Waals surface area contributed by atoms with E-state index in [1.165, 1.54) is 50.6 Å². The van der Waals surface area contributed by atoms with Gasteiger partial charge in [-0.1, -0.05) is 52.0 Å². The molecule has 118 valence electrons. The van der Waals surface area contributed by atoms with E-state index in [4.69, 9.17) is 0 Å². The molecule has 1 unspecified atom stereocenters. The summed E-state index contributed by atoms with van der Waals surface area (Å²) in [5.74, 6) is 1.84. The summed E-state index contributed by atoms with van der Waals surface area (Å²) in [6, 6.07) is 6.88. The maximum Gasteiger partial charge on any atom is 0.0419 e. The number of unbranched alkanes of at least 4 members (excludes halogenated alkanes) is 1. The van der Waals surface area contributed by atoms with Crippen molar-refractivity contribution in [1.82, 2.24) is 10.3 Å². The van der Waals surface area contributed by atoms with E-state index < -0.39 is 0 Å². The fraction of sp³-hybridized carbons (Fsp3) is 0.737. The molecule has 0 amide bonds. The van der Waals surface area contributed by atoms with Crippen molar-refractivity contribution < 1.29 is 0 Å². The van der Waals surface area contributed by atoms with Gasteiger partial charge in [-0.3, -0.25) is 4.98 Å². The van der Waals surface area contributed by atoms with E-state index in [2.05, 4.69) is 36.3 Å². The monoisotopic (exact) mass is 288 g/mol. The van der Waals surface area contributed by atoms with Gasteiger partial charge in [-0.05, 0) is 43.4 Å². The number of aromatic nitrogens is 1. The zero-order valence-corrected chi connectivity index (χ0v) is 13.9. The van der Waals surface area contributed by atoms with E-state index in [1.54, 1.807) is 0 Å². The second-order valence-electron chi connectivity index (χ2n) is 6.61. The van der Waals surface area contributed by atoms with Crippen LogP contribution in [0.3, 0.4) is 0 Å². The Morgan fingerprint density at radius 1 is 1.19 bits per heavy atom. The summed E-state index contributed by atoms with van der Waals surface area (Å²) in [5.41, 5.74) is 1.23. The molecule has 1 N–H and O–H groups in total. The summed E-state index contributed by atoms with van der Waals surface area (Å²) in [4.78, 5) is 4.51. The Morgan fingerprint density at radius 3 is 2.62 bits per heavy atom. The molecule has 2 heteroatoms. The van der Waals surface area contributed by atoms with Crippen molar-refractivity contribution in [2.75, 3.05) is 6.54 Å². The second-order valence-corrected chi connectivity index (χ2v) is 6.61. The molecule has 21 heavy (non-hydrogen) atoms. The molecule has 1 fully saturated rings. The summed E-state index contributed by atoms with van der Waals surface area (Å²) in [7, 11) is 0. The first-order valence-corrected chi connectivity index (χ1v) is 8.96. The van der Waals surface area contributed by atoms with Crippen LogP contribution >= 0.6 is 0 Å². The maximum absolute atomic E-state index is 4.51. The first kappa shape index (κ1) is 16.5. The predicted molar refractivity (Wildman–Crippen MR) is 90.4 cm³/mol. The van der Waals surface area contributed by atoms with Crippen LogP contribution in [0.25, 0.3) is 0 Å². The van der Waals surface area contributed by atoms with Crippen molar-refractivity contribution >= 4 is 0 Å². The van der Waals surface area contributed by atoms with Crippen molar-refractivity contribution in [1.29, 1.82) is 0 Å². The Morgan fingerprint density at radius 2 is 2.00 bits per heavy atom. The first-order chi connectivity index (χ1) is 10.3. The van der Waals surface area contributed by atoms with E-state index in [0.29, 0.717) is 6.04 Å². The molecular weight excluding hydrogens is 256 g/mol. The zero-order valence-electron chi connectivity index (χ0n) is 13.9. The molecule has 2 rings (SSSR count). The Hall–Kier alpha value is -0.890. The molecule has 2 nitrogen and oxygen atoms in total. The smallest absolute Gasteiger partial charge is 0.0419 e. The van der Waals surface area contributed by atoms with Crippen LogP contribution in [0.2, 0.25) is 0 Å². The predicted octanol–water partition coefficient (Wildman–Crippen LogP) is 4.60. The highest BCUT2D eigenvalue weighted by Crippen LogP contribution is 2.34. The number of nitrogens with one attached hydrogen (secondary N) is 1. The van der Waals surface area contributed by atoms with Gasteiger partial charge >= 0.3 is 0 Å². The molecule has 0 aromatic carbocycles. The average Bonchev–Trinajstić information content (AvgIpc) is 2.54. The Kier molecular flexibility index (Phi) is 7.21. The zero-order chi connectivity index (χ0) is 14.9. The van der Waals surface area contributed by atoms with E-state index in [1.807, 2.05) is 12.3 Å². The van der Waals surface area contributed by atoms with Gasteiger partial charge in [-0.2, -0.15) is 0 Å². The minimum Gasteiger partial charge on any atom is -0.314 e. The SMILES string of the molecule is CCCCC1CCC(C(Cc2ccccn2)NCC)CC1. The van der Waals surface area contributed by atoms with E-state index >= 15 is 0 Å². The third-order valence-corrected chi connectivity index (χ3v) is 5.05. The molecule has 1 aliphatic rings. The molecule has 0 aliphatic heterocycles. The highest BCUT2D eigenvalue weighted by Gasteiger charge is 2.27. The first-order valence-electron chi connectivity index (χ1n) is 8.96. The summed E-state index contributed by atoms with van der Waals surface area (Å²) in [6.45, 7) is 5.59. The lowest BCUT2D eigenvalue weighted by Gasteiger charge is -2.34. The van der Waals surface area contributed by atoms with Crippen LogP contribution in [0.5, 0.6) is 0 Å². The quantitative estimate of drug-likeness (QED) is 0.756. The van der Waals surface area contributed by atoms with Gasteiger partial charge in [0.05, 0.1) is 0 Å². The van der Waals surface area contributed by atoms with Crippen LogP contribution < -0.4 is 5.32 Å². The Labute approximate surface area is 130 Å². The third-order valence-electron chi connectivity index (χ3n) is 5.05. The normalized spacial score (nSPS) is 23.9. The van der Waals surface area contributed by atoms with Crippen LogP contribution in [0.15, 0.2) is 24.4 Å².